The molecule has 1 atom stereocenters. The fraction of sp³-hybridized carbons (Fsp3) is 0.935. The summed E-state index contributed by atoms with van der Waals surface area (Å²) in [5, 5.41) is 0. The highest BCUT2D eigenvalue weighted by molar-refractivity contribution is 5.71. The molecule has 0 radical (unpaired) electrons. The van der Waals surface area contributed by atoms with E-state index in [1.807, 2.05) is 0 Å². The molecule has 0 fully saturated rings. The number of carbonyl (C=O) groups is 3. The van der Waals surface area contributed by atoms with E-state index >= 15 is 0 Å². The predicted octanol–water partition coefficient (Wildman–Crippen LogP) is 14.2. The first-order valence-corrected chi connectivity index (χ1v) is 22.7. The molecule has 0 saturated heterocycles. The van der Waals surface area contributed by atoms with Gasteiger partial charge in [0.25, 0.3) is 0 Å². The molecule has 0 bridgehead atoms. The fourth-order valence-electron chi connectivity index (χ4n) is 6.75. The van der Waals surface area contributed by atoms with Crippen LogP contribution in [0.3, 0.4) is 0 Å². The number of esters is 3. The van der Waals surface area contributed by atoms with Crippen molar-refractivity contribution in [1.29, 1.82) is 0 Å². The first kappa shape index (κ1) is 50.4. The van der Waals surface area contributed by atoms with Gasteiger partial charge in [-0.25, -0.2) is 0 Å². The molecule has 6 heteroatoms. The quantitative estimate of drug-likeness (QED) is 0.0354. The fourth-order valence-corrected chi connectivity index (χ4v) is 6.75. The van der Waals surface area contributed by atoms with E-state index in [0.717, 1.165) is 69.6 Å². The second kappa shape index (κ2) is 39.1. The zero-order valence-corrected chi connectivity index (χ0v) is 35.4. The molecule has 308 valence electrons. The van der Waals surface area contributed by atoms with Crippen molar-refractivity contribution in [2.75, 3.05) is 13.2 Å². The van der Waals surface area contributed by atoms with E-state index in [2.05, 4.69) is 34.6 Å². The first-order valence-electron chi connectivity index (χ1n) is 22.7. The van der Waals surface area contributed by atoms with Crippen LogP contribution in [0.5, 0.6) is 0 Å². The monoisotopic (exact) mass is 737 g/mol. The number of carbonyl (C=O) groups excluding carboxylic acids is 3. The highest BCUT2D eigenvalue weighted by Crippen LogP contribution is 2.16. The Hall–Kier alpha value is -1.59. The van der Waals surface area contributed by atoms with Crippen molar-refractivity contribution >= 4 is 17.9 Å². The summed E-state index contributed by atoms with van der Waals surface area (Å²) in [7, 11) is 0. The minimum Gasteiger partial charge on any atom is -0.462 e. The molecule has 0 aromatic heterocycles. The third-order valence-corrected chi connectivity index (χ3v) is 10.2. The van der Waals surface area contributed by atoms with E-state index in [1.54, 1.807) is 0 Å². The van der Waals surface area contributed by atoms with Crippen molar-refractivity contribution in [3.8, 4) is 0 Å². The summed E-state index contributed by atoms with van der Waals surface area (Å²) in [5.41, 5.74) is 0. The standard InChI is InChI=1S/C46H88O6/c1-6-7-8-9-10-11-12-13-17-20-26-31-36-44(47)50-39-43(52-46(49)38-33-28-23-22-25-30-35-42(4)5)40-51-45(48)37-32-27-21-18-15-14-16-19-24-29-34-41(2)3/h41-43H,6-40H2,1-5H3/t43-/m0/s1. The van der Waals surface area contributed by atoms with Gasteiger partial charge in [-0.15, -0.1) is 0 Å². The van der Waals surface area contributed by atoms with Gasteiger partial charge in [0.1, 0.15) is 13.2 Å². The van der Waals surface area contributed by atoms with Gasteiger partial charge in [-0.1, -0.05) is 208 Å². The highest BCUT2D eigenvalue weighted by atomic mass is 16.6. The van der Waals surface area contributed by atoms with E-state index < -0.39 is 6.10 Å². The van der Waals surface area contributed by atoms with Crippen LogP contribution in [0.4, 0.5) is 0 Å². The summed E-state index contributed by atoms with van der Waals surface area (Å²) in [6.45, 7) is 11.3. The Labute approximate surface area is 323 Å². The van der Waals surface area contributed by atoms with Gasteiger partial charge < -0.3 is 14.2 Å². The number of ether oxygens (including phenoxy) is 3. The number of hydrogen-bond donors (Lipinski definition) is 0. The number of hydrogen-bond acceptors (Lipinski definition) is 6. The molecule has 0 rings (SSSR count). The van der Waals surface area contributed by atoms with Gasteiger partial charge in [0.05, 0.1) is 0 Å². The van der Waals surface area contributed by atoms with Crippen molar-refractivity contribution in [2.45, 2.75) is 253 Å². The van der Waals surface area contributed by atoms with Crippen molar-refractivity contribution in [3.63, 3.8) is 0 Å². The maximum absolute atomic E-state index is 12.7. The van der Waals surface area contributed by atoms with Gasteiger partial charge in [0.15, 0.2) is 6.10 Å². The Morgan fingerprint density at radius 3 is 0.942 bits per heavy atom. The van der Waals surface area contributed by atoms with Crippen molar-refractivity contribution < 1.29 is 28.6 Å². The van der Waals surface area contributed by atoms with E-state index in [4.69, 9.17) is 14.2 Å². The smallest absolute Gasteiger partial charge is 0.306 e. The minimum absolute atomic E-state index is 0.0658. The molecule has 0 amide bonds. The van der Waals surface area contributed by atoms with E-state index in [1.165, 1.54) is 135 Å². The van der Waals surface area contributed by atoms with Crippen LogP contribution in [0.25, 0.3) is 0 Å². The average Bonchev–Trinajstić information content (AvgIpc) is 3.11. The third-order valence-electron chi connectivity index (χ3n) is 10.2. The Balaban J connectivity index is 4.31. The summed E-state index contributed by atoms with van der Waals surface area (Å²) in [6.07, 6.45) is 36.7. The predicted molar refractivity (Wildman–Crippen MR) is 220 cm³/mol. The van der Waals surface area contributed by atoms with Crippen LogP contribution in [0.15, 0.2) is 0 Å². The second-order valence-corrected chi connectivity index (χ2v) is 16.6. The Bertz CT molecular complexity index is 794. The summed E-state index contributed by atoms with van der Waals surface area (Å²) >= 11 is 0. The van der Waals surface area contributed by atoms with E-state index in [-0.39, 0.29) is 31.1 Å². The van der Waals surface area contributed by atoms with E-state index in [0.29, 0.717) is 19.3 Å². The lowest BCUT2D eigenvalue weighted by molar-refractivity contribution is -0.167. The molecular weight excluding hydrogens is 648 g/mol. The molecule has 0 saturated carbocycles. The lowest BCUT2D eigenvalue weighted by Gasteiger charge is -2.18. The van der Waals surface area contributed by atoms with Gasteiger partial charge in [-0.05, 0) is 31.1 Å². The highest BCUT2D eigenvalue weighted by Gasteiger charge is 2.19. The summed E-state index contributed by atoms with van der Waals surface area (Å²) in [6, 6.07) is 0. The van der Waals surface area contributed by atoms with Crippen LogP contribution in [0.1, 0.15) is 247 Å². The normalized spacial score (nSPS) is 12.1. The largest absolute Gasteiger partial charge is 0.462 e. The minimum atomic E-state index is -0.760. The summed E-state index contributed by atoms with van der Waals surface area (Å²) < 4.78 is 16.7. The average molecular weight is 737 g/mol. The van der Waals surface area contributed by atoms with Gasteiger partial charge in [0, 0.05) is 19.3 Å². The maximum atomic E-state index is 12.7. The zero-order chi connectivity index (χ0) is 38.3. The van der Waals surface area contributed by atoms with E-state index in [9.17, 15) is 14.4 Å². The second-order valence-electron chi connectivity index (χ2n) is 16.6. The number of unbranched alkanes of at least 4 members (excludes halogenated alkanes) is 25. The molecule has 6 nitrogen and oxygen atoms in total. The summed E-state index contributed by atoms with van der Waals surface area (Å²) in [5.74, 6) is 0.715. The molecule has 0 N–H and O–H groups in total. The topological polar surface area (TPSA) is 78.9 Å². The van der Waals surface area contributed by atoms with Crippen molar-refractivity contribution in [2.24, 2.45) is 11.8 Å². The molecule has 52 heavy (non-hydrogen) atoms. The molecule has 0 heterocycles. The molecule has 0 aromatic rings. The van der Waals surface area contributed by atoms with Crippen LogP contribution >= 0.6 is 0 Å². The van der Waals surface area contributed by atoms with Gasteiger partial charge in [-0.3, -0.25) is 14.4 Å². The number of rotatable bonds is 40. The maximum Gasteiger partial charge on any atom is 0.306 e. The summed E-state index contributed by atoms with van der Waals surface area (Å²) in [4.78, 5) is 37.6. The van der Waals surface area contributed by atoms with Crippen LogP contribution in [-0.2, 0) is 28.6 Å². The SMILES string of the molecule is CCCCCCCCCCCCCCC(=O)OC[C@@H](COC(=O)CCCCCCCCCCCCC(C)C)OC(=O)CCCCCCCCC(C)C. The van der Waals surface area contributed by atoms with Gasteiger partial charge in [0.2, 0.25) is 0 Å². The van der Waals surface area contributed by atoms with Crippen LogP contribution < -0.4 is 0 Å². The van der Waals surface area contributed by atoms with Gasteiger partial charge in [-0.2, -0.15) is 0 Å². The Morgan fingerprint density at radius 1 is 0.365 bits per heavy atom. The Morgan fingerprint density at radius 2 is 0.635 bits per heavy atom. The molecular formula is C46H88O6. The van der Waals surface area contributed by atoms with Crippen molar-refractivity contribution in [1.82, 2.24) is 0 Å². The molecule has 0 aliphatic carbocycles. The Kier molecular flexibility index (Phi) is 37.9. The molecule has 0 aromatic carbocycles. The van der Waals surface area contributed by atoms with Crippen molar-refractivity contribution in [3.05, 3.63) is 0 Å². The van der Waals surface area contributed by atoms with Crippen LogP contribution in [0.2, 0.25) is 0 Å². The zero-order valence-electron chi connectivity index (χ0n) is 35.4. The van der Waals surface area contributed by atoms with Crippen LogP contribution in [-0.4, -0.2) is 37.2 Å². The lowest BCUT2D eigenvalue weighted by Crippen LogP contribution is -2.30. The lowest BCUT2D eigenvalue weighted by atomic mass is 10.0. The molecule has 0 aliphatic heterocycles. The molecule has 0 spiro atoms. The molecule has 0 aliphatic rings. The third kappa shape index (κ3) is 39.6. The molecule has 0 unspecified atom stereocenters. The first-order chi connectivity index (χ1) is 25.2. The van der Waals surface area contributed by atoms with Crippen LogP contribution in [0, 0.1) is 11.8 Å². The van der Waals surface area contributed by atoms with Gasteiger partial charge >= 0.3 is 17.9 Å².